The summed E-state index contributed by atoms with van der Waals surface area (Å²) < 4.78 is 15.3. The van der Waals surface area contributed by atoms with Crippen molar-refractivity contribution in [1.82, 2.24) is 28.9 Å². The number of likely N-dealkylation sites (N-methyl/N-ethyl adjacent to an activating group) is 1. The summed E-state index contributed by atoms with van der Waals surface area (Å²) in [6, 6.07) is 5.96. The number of nitrogens with zero attached hydrogens (tertiary/aromatic N) is 8. The highest BCUT2D eigenvalue weighted by atomic mass is 16.5. The van der Waals surface area contributed by atoms with Gasteiger partial charge in [0.25, 0.3) is 11.8 Å². The van der Waals surface area contributed by atoms with Crippen LogP contribution in [0.2, 0.25) is 0 Å². The molecule has 10 N–H and O–H groups in total. The third kappa shape index (κ3) is 13.6. The fourth-order valence-electron chi connectivity index (χ4n) is 6.45. The first kappa shape index (κ1) is 50.8. The van der Waals surface area contributed by atoms with E-state index in [1.165, 1.54) is 43.5 Å². The minimum absolute atomic E-state index is 0.0439. The summed E-state index contributed by atoms with van der Waals surface area (Å²) >= 11 is 0. The molecule has 0 saturated carbocycles. The van der Waals surface area contributed by atoms with Gasteiger partial charge >= 0.3 is 0 Å². The number of rotatable bonds is 25. The average Bonchev–Trinajstić information content (AvgIpc) is 3.80. The Morgan fingerprint density at radius 1 is 0.727 bits per heavy atom. The highest BCUT2D eigenvalue weighted by Gasteiger charge is 2.23. The van der Waals surface area contributed by atoms with Gasteiger partial charge in [-0.1, -0.05) is 25.2 Å². The van der Waals surface area contributed by atoms with Crippen LogP contribution in [-0.2, 0) is 27.5 Å². The van der Waals surface area contributed by atoms with Crippen LogP contribution in [0.25, 0.3) is 22.1 Å². The molecule has 0 unspecified atom stereocenters. The number of amides is 5. The number of allylic oxidation sites excluding steroid dienone is 4. The van der Waals surface area contributed by atoms with Crippen molar-refractivity contribution in [2.45, 2.75) is 47.7 Å². The van der Waals surface area contributed by atoms with Crippen molar-refractivity contribution < 1.29 is 33.4 Å². The van der Waals surface area contributed by atoms with Gasteiger partial charge in [-0.25, -0.2) is 9.97 Å². The van der Waals surface area contributed by atoms with E-state index in [-0.39, 0.29) is 71.2 Å². The van der Waals surface area contributed by atoms with Crippen LogP contribution >= 0.6 is 0 Å². The summed E-state index contributed by atoms with van der Waals surface area (Å²) in [5.74, 6) is -1.91. The summed E-state index contributed by atoms with van der Waals surface area (Å²) in [7, 11) is 3.41. The van der Waals surface area contributed by atoms with Crippen molar-refractivity contribution in [3.63, 3.8) is 0 Å². The van der Waals surface area contributed by atoms with Gasteiger partial charge in [-0.15, -0.1) is 0 Å². The Labute approximate surface area is 382 Å². The van der Waals surface area contributed by atoms with Crippen molar-refractivity contribution in [2.24, 2.45) is 32.9 Å². The number of aliphatic imine (C=N–C) groups is 2. The lowest BCUT2D eigenvalue weighted by Gasteiger charge is -2.19. The first-order valence-corrected chi connectivity index (χ1v) is 21.2. The fourth-order valence-corrected chi connectivity index (χ4v) is 6.45. The molecule has 2 aromatic carbocycles. The van der Waals surface area contributed by atoms with E-state index in [0.717, 1.165) is 13.0 Å². The van der Waals surface area contributed by atoms with Gasteiger partial charge in [0.1, 0.15) is 40.6 Å². The summed E-state index contributed by atoms with van der Waals surface area (Å²) in [4.78, 5) is 85.4. The second kappa shape index (κ2) is 24.3. The van der Waals surface area contributed by atoms with Gasteiger partial charge in [0, 0.05) is 68.3 Å². The van der Waals surface area contributed by atoms with E-state index < -0.39 is 23.6 Å². The number of hydrogen-bond acceptors (Lipinski definition) is 14. The molecule has 0 aliphatic carbocycles. The molecule has 2 heterocycles. The van der Waals surface area contributed by atoms with Gasteiger partial charge in [0.15, 0.2) is 0 Å². The lowest BCUT2D eigenvalue weighted by Crippen LogP contribution is -2.32. The summed E-state index contributed by atoms with van der Waals surface area (Å²) in [5.41, 5.74) is 25.8. The molecule has 0 fully saturated rings. The predicted octanol–water partition coefficient (Wildman–Crippen LogP) is 2.72. The second-order valence-electron chi connectivity index (χ2n) is 14.9. The van der Waals surface area contributed by atoms with E-state index in [1.54, 1.807) is 66.0 Å². The van der Waals surface area contributed by atoms with Crippen LogP contribution in [-0.4, -0.2) is 130 Å². The van der Waals surface area contributed by atoms with Crippen molar-refractivity contribution in [3.8, 4) is 11.5 Å². The van der Waals surface area contributed by atoms with Crippen LogP contribution in [0.1, 0.15) is 55.3 Å². The van der Waals surface area contributed by atoms with Crippen molar-refractivity contribution in [2.75, 3.05) is 70.7 Å². The van der Waals surface area contributed by atoms with Crippen LogP contribution in [0.15, 0.2) is 82.1 Å². The van der Waals surface area contributed by atoms with E-state index >= 15 is 0 Å². The Kier molecular flexibility index (Phi) is 18.7. The number of methoxy groups -OCH3 is 1. The monoisotopic (exact) mass is 908 g/mol. The maximum Gasteiger partial charge on any atom is 0.276 e. The fraction of sp³-hybridized carbons (Fsp3) is 0.356. The molecule has 2 aromatic heterocycles. The molecular weight excluding hydrogens is 849 g/mol. The Bertz CT molecular complexity index is 2610. The molecule has 5 amide bonds. The lowest BCUT2D eigenvalue weighted by atomic mass is 10.1. The molecule has 352 valence electrons. The van der Waals surface area contributed by atoms with E-state index in [9.17, 15) is 24.0 Å². The molecule has 0 atom stereocenters. The largest absolute Gasteiger partial charge is 0.494 e. The van der Waals surface area contributed by atoms with Crippen molar-refractivity contribution in [1.29, 1.82) is 0 Å². The maximum absolute atomic E-state index is 13.7. The number of hydrogen-bond donors (Lipinski definition) is 6. The Morgan fingerprint density at radius 3 is 1.64 bits per heavy atom. The molecule has 0 bridgehead atoms. The highest BCUT2D eigenvalue weighted by Crippen LogP contribution is 2.33. The third-order valence-electron chi connectivity index (χ3n) is 9.75. The number of carbonyl (C=O) groups is 5. The first-order chi connectivity index (χ1) is 31.5. The van der Waals surface area contributed by atoms with Crippen LogP contribution in [0.5, 0.6) is 11.5 Å². The number of nitrogens with one attached hydrogen (secondary N) is 2. The predicted molar refractivity (Wildman–Crippen MR) is 257 cm³/mol. The number of aromatic nitrogens is 4. The molecule has 0 spiro atoms. The third-order valence-corrected chi connectivity index (χ3v) is 9.75. The molecular formula is C45H60N14O7. The molecule has 66 heavy (non-hydrogen) atoms. The van der Waals surface area contributed by atoms with E-state index in [1.807, 2.05) is 14.0 Å². The smallest absolute Gasteiger partial charge is 0.276 e. The van der Waals surface area contributed by atoms with Crippen molar-refractivity contribution in [3.05, 3.63) is 83.2 Å². The number of nitrogens with two attached hydrogens (primary N) is 4. The summed E-state index contributed by atoms with van der Waals surface area (Å²) in [6.45, 7) is 12.2. The zero-order valence-corrected chi connectivity index (χ0v) is 38.5. The Morgan fingerprint density at radius 2 is 1.21 bits per heavy atom. The second-order valence-corrected chi connectivity index (χ2v) is 14.9. The minimum Gasteiger partial charge on any atom is -0.494 e. The summed E-state index contributed by atoms with van der Waals surface area (Å²) in [6.07, 6.45) is 10.8. The van der Waals surface area contributed by atoms with E-state index in [4.69, 9.17) is 37.4 Å². The van der Waals surface area contributed by atoms with Crippen molar-refractivity contribution >= 4 is 75.4 Å². The molecule has 0 radical (unpaired) electrons. The molecule has 21 heteroatoms. The maximum atomic E-state index is 13.7. The Hall–Kier alpha value is -7.81. The molecule has 0 aliphatic rings. The SMILES string of the molecule is CCN=C(/C=C(/C)N)C(=O)Nc1nc2cc(C(N)=O)cc(OC)c2n1C/C=C/Cn1c(NC(=O)C(/C=C(/C)N)=NCC)nc2cc(C(N)=O)cc(OC/C=C/CN(C=O)CCN(C)CC)c21. The highest BCUT2D eigenvalue weighted by molar-refractivity contribution is 6.47. The molecule has 0 saturated heterocycles. The molecule has 21 nitrogen and oxygen atoms in total. The zero-order valence-electron chi connectivity index (χ0n) is 38.5. The number of benzene rings is 2. The molecule has 4 aromatic rings. The van der Waals surface area contributed by atoms with E-state index in [0.29, 0.717) is 60.7 Å². The number of ether oxygens (including phenoxy) is 2. The van der Waals surface area contributed by atoms with Gasteiger partial charge in [0.05, 0.1) is 18.1 Å². The van der Waals surface area contributed by atoms with Crippen LogP contribution < -0.4 is 43.0 Å². The quantitative estimate of drug-likeness (QED) is 0.0318. The number of fused-ring (bicyclic) bond motifs is 2. The van der Waals surface area contributed by atoms with Crippen LogP contribution in [0.3, 0.4) is 0 Å². The number of primary amides is 2. The average molecular weight is 909 g/mol. The standard InChI is InChI=1S/C45H60N14O7/c1-8-50-34(21-28(4)46)42(63)54-44-52-32-23-30(40(48)61)25-36(65-7)38(32)58(44)16-11-12-17-59-39-33(53-45(59)55-43(64)35(51-9-2)22-29(5)47)24-31(41(49)62)26-37(39)66-20-14-13-15-57(27-60)19-18-56(6)10-3/h11-14,21-27H,8-10,15-20,46-47H2,1-7H3,(H2,48,61)(H2,49,62)(H,52,54,63)(H,53,55,64)/b12-11+,14-13+,28-21-,29-22-,50-34?,51-35?. The van der Waals surface area contributed by atoms with Gasteiger partial charge < -0.3 is 51.3 Å². The van der Waals surface area contributed by atoms with Gasteiger partial charge in [-0.05, 0) is 83.8 Å². The topological polar surface area (TPSA) is 299 Å². The van der Waals surface area contributed by atoms with E-state index in [2.05, 4.69) is 30.5 Å². The minimum atomic E-state index is -0.729. The van der Waals surface area contributed by atoms with Crippen LogP contribution in [0, 0.1) is 0 Å². The number of carbonyl (C=O) groups excluding carboxylic acids is 5. The number of anilines is 2. The Balaban J connectivity index is 1.81. The molecule has 0 aliphatic heterocycles. The normalized spacial score (nSPS) is 12.7. The first-order valence-electron chi connectivity index (χ1n) is 21.2. The molecule has 4 rings (SSSR count). The van der Waals surface area contributed by atoms with Gasteiger partial charge in [-0.3, -0.25) is 44.6 Å². The number of imidazole rings is 2. The zero-order chi connectivity index (χ0) is 48.5. The lowest BCUT2D eigenvalue weighted by molar-refractivity contribution is -0.118. The van der Waals surface area contributed by atoms with Gasteiger partial charge in [-0.2, -0.15) is 0 Å². The summed E-state index contributed by atoms with van der Waals surface area (Å²) in [5, 5.41) is 5.65. The van der Waals surface area contributed by atoms with Crippen LogP contribution in [0.4, 0.5) is 11.9 Å². The van der Waals surface area contributed by atoms with Gasteiger partial charge in [0.2, 0.25) is 30.1 Å².